The molecule has 1 atom stereocenters. The Balaban J connectivity index is 1.17. The van der Waals surface area contributed by atoms with Crippen LogP contribution in [0.5, 0.6) is 5.75 Å². The van der Waals surface area contributed by atoms with Crippen molar-refractivity contribution in [2.24, 2.45) is 0 Å². The monoisotopic (exact) mass is 500 g/mol. The summed E-state index contributed by atoms with van der Waals surface area (Å²) in [6.07, 6.45) is 3.77. The van der Waals surface area contributed by atoms with E-state index in [1.165, 1.54) is 10.4 Å². The van der Waals surface area contributed by atoms with Gasteiger partial charge in [0, 0.05) is 29.9 Å². The number of benzene rings is 2. The Hall–Kier alpha value is -3.53. The van der Waals surface area contributed by atoms with Crippen LogP contribution < -0.4 is 9.64 Å². The van der Waals surface area contributed by atoms with Crippen LogP contribution in [0, 0.1) is 0 Å². The number of aromatic amines is 1. The van der Waals surface area contributed by atoms with Gasteiger partial charge in [-0.1, -0.05) is 24.3 Å². The molecule has 1 saturated heterocycles. The van der Waals surface area contributed by atoms with Gasteiger partial charge in [0.05, 0.1) is 48.4 Å². The average Bonchev–Trinajstić information content (AvgIpc) is 3.54. The van der Waals surface area contributed by atoms with E-state index in [0.717, 1.165) is 58.0 Å². The molecule has 9 heteroatoms. The predicted molar refractivity (Wildman–Crippen MR) is 143 cm³/mol. The summed E-state index contributed by atoms with van der Waals surface area (Å²) in [5.74, 6) is 1.64. The normalized spacial score (nSPS) is 16.3. The summed E-state index contributed by atoms with van der Waals surface area (Å²) >= 11 is 1.75. The number of nitrogens with one attached hydrogen (secondary N) is 1. The van der Waals surface area contributed by atoms with E-state index in [-0.39, 0.29) is 6.10 Å². The molecular formula is C27H28N6O2S. The molecule has 0 saturated carbocycles. The number of hydrogen-bond acceptors (Lipinski definition) is 8. The van der Waals surface area contributed by atoms with E-state index in [1.54, 1.807) is 18.4 Å². The van der Waals surface area contributed by atoms with Crippen molar-refractivity contribution in [1.82, 2.24) is 25.1 Å². The van der Waals surface area contributed by atoms with E-state index >= 15 is 0 Å². The van der Waals surface area contributed by atoms with Crippen LogP contribution in [0.15, 0.2) is 60.9 Å². The number of anilines is 1. The lowest BCUT2D eigenvalue weighted by Gasteiger charge is -2.33. The predicted octanol–water partition coefficient (Wildman–Crippen LogP) is 4.79. The van der Waals surface area contributed by atoms with Crippen molar-refractivity contribution < 1.29 is 9.47 Å². The molecule has 0 aliphatic carbocycles. The Bertz CT molecular complexity index is 1500. The Kier molecular flexibility index (Phi) is 6.27. The van der Waals surface area contributed by atoms with Gasteiger partial charge in [0.25, 0.3) is 0 Å². The minimum Gasteiger partial charge on any atom is -0.497 e. The highest BCUT2D eigenvalue weighted by Crippen LogP contribution is 2.31. The number of fused-ring (bicyclic) bond motifs is 2. The van der Waals surface area contributed by atoms with Crippen molar-refractivity contribution in [1.29, 1.82) is 0 Å². The quantitative estimate of drug-likeness (QED) is 0.344. The number of methoxy groups -OCH3 is 1. The third-order valence-electron chi connectivity index (χ3n) is 6.54. The summed E-state index contributed by atoms with van der Waals surface area (Å²) in [5.41, 5.74) is 4.39. The summed E-state index contributed by atoms with van der Waals surface area (Å²) in [6, 6.07) is 16.6. The van der Waals surface area contributed by atoms with Crippen LogP contribution in [0.25, 0.3) is 21.1 Å². The van der Waals surface area contributed by atoms with Gasteiger partial charge >= 0.3 is 0 Å². The van der Waals surface area contributed by atoms with Gasteiger partial charge in [-0.15, -0.1) is 11.3 Å². The highest BCUT2D eigenvalue weighted by atomic mass is 32.1. The van der Waals surface area contributed by atoms with Crippen molar-refractivity contribution in [2.45, 2.75) is 19.2 Å². The second-order valence-electron chi connectivity index (χ2n) is 9.14. The van der Waals surface area contributed by atoms with E-state index in [4.69, 9.17) is 19.4 Å². The molecule has 0 radical (unpaired) electrons. The molecular weight excluding hydrogens is 472 g/mol. The van der Waals surface area contributed by atoms with Crippen LogP contribution in [0.1, 0.15) is 22.1 Å². The molecule has 1 unspecified atom stereocenters. The van der Waals surface area contributed by atoms with Gasteiger partial charge in [0.2, 0.25) is 5.95 Å². The first-order chi connectivity index (χ1) is 17.7. The van der Waals surface area contributed by atoms with Crippen molar-refractivity contribution in [3.63, 3.8) is 0 Å². The first kappa shape index (κ1) is 22.9. The summed E-state index contributed by atoms with van der Waals surface area (Å²) in [7, 11) is 3.83. The fourth-order valence-corrected chi connectivity index (χ4v) is 5.86. The Morgan fingerprint density at radius 3 is 3.00 bits per heavy atom. The molecule has 0 amide bonds. The highest BCUT2D eigenvalue weighted by Gasteiger charge is 2.25. The Morgan fingerprint density at radius 2 is 2.08 bits per heavy atom. The minimum atomic E-state index is -0.0531. The summed E-state index contributed by atoms with van der Waals surface area (Å²) in [4.78, 5) is 15.4. The van der Waals surface area contributed by atoms with Crippen LogP contribution in [0.2, 0.25) is 0 Å². The smallest absolute Gasteiger partial charge is 0.226 e. The molecule has 1 N–H and O–H groups in total. The van der Waals surface area contributed by atoms with Gasteiger partial charge in [-0.2, -0.15) is 5.10 Å². The maximum atomic E-state index is 6.14. The summed E-state index contributed by atoms with van der Waals surface area (Å²) < 4.78 is 12.6. The van der Waals surface area contributed by atoms with E-state index in [2.05, 4.69) is 51.3 Å². The lowest BCUT2D eigenvalue weighted by molar-refractivity contribution is 0.0402. The summed E-state index contributed by atoms with van der Waals surface area (Å²) in [6.45, 7) is 3.80. The number of ether oxygens (including phenoxy) is 2. The van der Waals surface area contributed by atoms with E-state index in [9.17, 15) is 0 Å². The largest absolute Gasteiger partial charge is 0.497 e. The Labute approximate surface area is 213 Å². The average molecular weight is 501 g/mol. The molecule has 3 aromatic heterocycles. The first-order valence-corrected chi connectivity index (χ1v) is 12.8. The summed E-state index contributed by atoms with van der Waals surface area (Å²) in [5, 5.41) is 8.34. The maximum Gasteiger partial charge on any atom is 0.226 e. The Morgan fingerprint density at radius 1 is 1.17 bits per heavy atom. The zero-order chi connectivity index (χ0) is 24.5. The van der Waals surface area contributed by atoms with Crippen LogP contribution in [0.4, 0.5) is 5.95 Å². The molecule has 0 spiro atoms. The molecule has 6 rings (SSSR count). The highest BCUT2D eigenvalue weighted by molar-refractivity contribution is 7.18. The molecule has 4 heterocycles. The standard InChI is InChI=1S/C27H28N6O2S/c1-32(15-18-5-3-6-19(11-18)34-2)16-20-12-24-26(36-20)14-28-27(30-24)33-9-10-35-25(17-33)21-7-4-8-23-22(21)13-29-31-23/h3-8,11-14,25H,9-10,15-17H2,1-2H3,(H,29,31). The maximum absolute atomic E-state index is 6.14. The molecule has 5 aromatic rings. The van der Waals surface area contributed by atoms with Crippen molar-refractivity contribution in [2.75, 3.05) is 38.8 Å². The van der Waals surface area contributed by atoms with Gasteiger partial charge < -0.3 is 14.4 Å². The van der Waals surface area contributed by atoms with Gasteiger partial charge in [-0.3, -0.25) is 10.00 Å². The molecule has 1 aliphatic rings. The molecule has 36 heavy (non-hydrogen) atoms. The van der Waals surface area contributed by atoms with Crippen LogP contribution in [0.3, 0.4) is 0 Å². The van der Waals surface area contributed by atoms with Crippen LogP contribution >= 0.6 is 11.3 Å². The number of rotatable bonds is 7. The first-order valence-electron chi connectivity index (χ1n) is 12.0. The fraction of sp³-hybridized carbons (Fsp3) is 0.296. The third-order valence-corrected chi connectivity index (χ3v) is 7.58. The zero-order valence-corrected chi connectivity index (χ0v) is 21.2. The SMILES string of the molecule is COc1cccc(CN(C)Cc2cc3nc(N4CCOC(c5cccc6[nH]ncc56)C4)ncc3s2)c1. The zero-order valence-electron chi connectivity index (χ0n) is 20.3. The molecule has 1 fully saturated rings. The van der Waals surface area contributed by atoms with Crippen molar-refractivity contribution in [3.8, 4) is 5.75 Å². The third kappa shape index (κ3) is 4.65. The molecule has 2 aromatic carbocycles. The van der Waals surface area contributed by atoms with E-state index < -0.39 is 0 Å². The molecule has 0 bridgehead atoms. The number of nitrogens with zero attached hydrogens (tertiary/aromatic N) is 5. The second-order valence-corrected chi connectivity index (χ2v) is 10.3. The topological polar surface area (TPSA) is 79.4 Å². The fourth-order valence-electron chi connectivity index (χ4n) is 4.80. The molecule has 1 aliphatic heterocycles. The lowest BCUT2D eigenvalue weighted by atomic mass is 10.0. The number of morpholine rings is 1. The minimum absolute atomic E-state index is 0.0531. The van der Waals surface area contributed by atoms with Crippen molar-refractivity contribution in [3.05, 3.63) is 76.9 Å². The van der Waals surface area contributed by atoms with Gasteiger partial charge in [0.15, 0.2) is 0 Å². The molecule has 184 valence electrons. The van der Waals surface area contributed by atoms with Gasteiger partial charge in [-0.05, 0) is 42.4 Å². The number of H-pyrrole nitrogens is 1. The lowest BCUT2D eigenvalue weighted by Crippen LogP contribution is -2.39. The number of thiophene rings is 1. The number of hydrogen-bond donors (Lipinski definition) is 1. The van der Waals surface area contributed by atoms with E-state index in [1.807, 2.05) is 36.7 Å². The van der Waals surface area contributed by atoms with Crippen LogP contribution in [-0.4, -0.2) is 58.9 Å². The van der Waals surface area contributed by atoms with E-state index in [0.29, 0.717) is 13.2 Å². The van der Waals surface area contributed by atoms with Crippen LogP contribution in [-0.2, 0) is 17.8 Å². The van der Waals surface area contributed by atoms with Gasteiger partial charge in [0.1, 0.15) is 11.9 Å². The van der Waals surface area contributed by atoms with Gasteiger partial charge in [-0.25, -0.2) is 9.97 Å². The van der Waals surface area contributed by atoms with Crippen molar-refractivity contribution >= 4 is 38.4 Å². The second kappa shape index (κ2) is 9.85. The molecule has 8 nitrogen and oxygen atoms in total. The number of aromatic nitrogens is 4.